The zero-order valence-electron chi connectivity index (χ0n) is 14.3. The molecule has 2 aromatic rings. The Bertz CT molecular complexity index is 891. The third-order valence-electron chi connectivity index (χ3n) is 5.36. The summed E-state index contributed by atoms with van der Waals surface area (Å²) in [4.78, 5) is 0. The first-order valence-corrected chi connectivity index (χ1v) is 11.0. The summed E-state index contributed by atoms with van der Waals surface area (Å²) < 4.78 is -1.03. The molecule has 0 bridgehead atoms. The third-order valence-corrected chi connectivity index (χ3v) is 10.5. The van der Waals surface area contributed by atoms with Crippen LogP contribution in [0.25, 0.3) is 12.2 Å². The third kappa shape index (κ3) is 3.15. The number of halogens is 4. The summed E-state index contributed by atoms with van der Waals surface area (Å²) in [5, 5.41) is 1.45. The van der Waals surface area contributed by atoms with E-state index in [1.807, 2.05) is 36.4 Å². The topological polar surface area (TPSA) is 0 Å². The van der Waals surface area contributed by atoms with E-state index in [0.29, 0.717) is 0 Å². The van der Waals surface area contributed by atoms with Crippen molar-refractivity contribution in [1.29, 1.82) is 0 Å². The van der Waals surface area contributed by atoms with Gasteiger partial charge >= 0.3 is 0 Å². The number of hydrogen-bond acceptors (Lipinski definition) is 0. The molecule has 0 nitrogen and oxygen atoms in total. The maximum Gasteiger partial charge on any atom is 0.0923 e. The molecule has 0 spiro atoms. The van der Waals surface area contributed by atoms with Gasteiger partial charge in [0.2, 0.25) is 0 Å². The average molecular weight is 517 g/mol. The molecule has 0 fully saturated rings. The van der Waals surface area contributed by atoms with Gasteiger partial charge in [-0.2, -0.15) is 0 Å². The summed E-state index contributed by atoms with van der Waals surface area (Å²) in [5.74, 6) is 0. The van der Waals surface area contributed by atoms with E-state index in [4.69, 9.17) is 46.4 Å². The Morgan fingerprint density at radius 1 is 0.731 bits per heavy atom. The molecule has 26 heavy (non-hydrogen) atoms. The van der Waals surface area contributed by atoms with E-state index in [1.54, 1.807) is 0 Å². The van der Waals surface area contributed by atoms with E-state index in [2.05, 4.69) is 26.0 Å². The van der Waals surface area contributed by atoms with Gasteiger partial charge in [-0.05, 0) is 60.4 Å². The first-order valence-electron chi connectivity index (χ1n) is 8.09. The van der Waals surface area contributed by atoms with Gasteiger partial charge in [-0.3, -0.25) is 0 Å². The number of benzene rings is 2. The molecule has 0 N–H and O–H groups in total. The fourth-order valence-corrected chi connectivity index (χ4v) is 8.63. The Hall–Kier alpha value is 0.180. The Balaban J connectivity index is 0.00000196. The second kappa shape index (κ2) is 7.21. The molecule has 0 saturated heterocycles. The van der Waals surface area contributed by atoms with Gasteiger partial charge in [0.1, 0.15) is 0 Å². The van der Waals surface area contributed by atoms with Crippen LogP contribution >= 0.6 is 46.4 Å². The average Bonchev–Trinajstić information content (AvgIpc) is 2.90. The van der Waals surface area contributed by atoms with Crippen molar-refractivity contribution in [3.05, 3.63) is 79.8 Å². The number of alkyl halides is 2. The van der Waals surface area contributed by atoms with Crippen LogP contribution in [0.15, 0.2) is 47.5 Å². The maximum absolute atomic E-state index is 7.25. The fourth-order valence-electron chi connectivity index (χ4n) is 3.95. The van der Waals surface area contributed by atoms with Gasteiger partial charge in [-0.15, -0.1) is 23.2 Å². The molecule has 2 atom stereocenters. The van der Waals surface area contributed by atoms with Crippen molar-refractivity contribution >= 4 is 68.1 Å². The van der Waals surface area contributed by atoms with Gasteiger partial charge in [0, 0.05) is 36.2 Å². The predicted molar refractivity (Wildman–Crippen MR) is 114 cm³/mol. The van der Waals surface area contributed by atoms with Gasteiger partial charge in [-0.25, -0.2) is 0 Å². The minimum atomic E-state index is -1.06. The molecule has 2 aliphatic carbocycles. The summed E-state index contributed by atoms with van der Waals surface area (Å²) in [6.45, 7) is 4.18. The van der Waals surface area contributed by atoms with Crippen molar-refractivity contribution < 1.29 is 26.2 Å². The van der Waals surface area contributed by atoms with E-state index < -0.39 is 18.5 Å². The summed E-state index contributed by atoms with van der Waals surface area (Å²) >= 11 is 26.8. The van der Waals surface area contributed by atoms with Gasteiger partial charge in [-0.1, -0.05) is 58.6 Å². The van der Waals surface area contributed by atoms with Crippen LogP contribution in [0.3, 0.4) is 0 Å². The number of rotatable bonds is 2. The Kier molecular flexibility index (Phi) is 5.80. The van der Waals surface area contributed by atoms with Gasteiger partial charge in [0.15, 0.2) is 0 Å². The van der Waals surface area contributed by atoms with Crippen LogP contribution in [0.1, 0.15) is 36.1 Å². The van der Waals surface area contributed by atoms with Crippen LogP contribution in [0.4, 0.5) is 0 Å². The molecule has 0 radical (unpaired) electrons. The Morgan fingerprint density at radius 2 is 1.12 bits per heavy atom. The van der Waals surface area contributed by atoms with Crippen LogP contribution < -0.4 is 0 Å². The molecule has 0 heterocycles. The second-order valence-corrected chi connectivity index (χ2v) is 12.4. The summed E-state index contributed by atoms with van der Waals surface area (Å²) in [5.41, 5.74) is 6.74. The molecule has 0 saturated carbocycles. The molecule has 2 unspecified atom stereocenters. The molecule has 6 heteroatoms. The van der Waals surface area contributed by atoms with Crippen molar-refractivity contribution in [2.75, 3.05) is 0 Å². The largest absolute Gasteiger partial charge is 0.114 e. The van der Waals surface area contributed by atoms with Gasteiger partial charge < -0.3 is 0 Å². The molecule has 4 rings (SSSR count). The zero-order chi connectivity index (χ0) is 18.0. The number of fused-ring (bicyclic) bond motifs is 2. The van der Waals surface area contributed by atoms with Crippen molar-refractivity contribution in [3.8, 4) is 0 Å². The summed E-state index contributed by atoms with van der Waals surface area (Å²) in [6.07, 6.45) is 4.27. The van der Waals surface area contributed by atoms with Crippen molar-refractivity contribution in [3.63, 3.8) is 0 Å². The van der Waals surface area contributed by atoms with Crippen LogP contribution in [0.5, 0.6) is 0 Å². The molecular weight excluding hydrogens is 501 g/mol. The molecule has 0 aromatic heterocycles. The van der Waals surface area contributed by atoms with E-state index >= 15 is 0 Å². The van der Waals surface area contributed by atoms with Crippen LogP contribution in [-0.2, 0) is 35.2 Å². The second-order valence-electron chi connectivity index (χ2n) is 6.90. The summed E-state index contributed by atoms with van der Waals surface area (Å²) in [6, 6.07) is 11.9. The van der Waals surface area contributed by atoms with Crippen molar-refractivity contribution in [2.45, 2.75) is 22.8 Å². The monoisotopic (exact) mass is 514 g/mol. The van der Waals surface area contributed by atoms with Crippen LogP contribution in [-0.4, -0.2) is 9.52 Å². The first-order chi connectivity index (χ1) is 11.7. The molecule has 2 aliphatic rings. The molecule has 0 amide bonds. The quantitative estimate of drug-likeness (QED) is 0.316. The van der Waals surface area contributed by atoms with Crippen molar-refractivity contribution in [1.82, 2.24) is 0 Å². The van der Waals surface area contributed by atoms with Crippen LogP contribution in [0.2, 0.25) is 10.0 Å². The number of hydrogen-bond donors (Lipinski definition) is 0. The summed E-state index contributed by atoms with van der Waals surface area (Å²) in [7, 11) is -1.06. The first kappa shape index (κ1) is 20.9. The number of allylic oxidation sites excluding steroid dienone is 2. The maximum atomic E-state index is 7.25. The smallest absolute Gasteiger partial charge is 0.0923 e. The fraction of sp³-hybridized carbons (Fsp3) is 0.200. The minimum Gasteiger partial charge on any atom is -0.114 e. The molecule has 132 valence electrons. The normalized spacial score (nSPS) is 26.4. The van der Waals surface area contributed by atoms with E-state index in [-0.39, 0.29) is 26.2 Å². The van der Waals surface area contributed by atoms with Crippen molar-refractivity contribution in [2.24, 2.45) is 0 Å². The molecule has 2 aromatic carbocycles. The Labute approximate surface area is 195 Å². The predicted octanol–water partition coefficient (Wildman–Crippen LogP) is 6.48. The Morgan fingerprint density at radius 3 is 1.50 bits per heavy atom. The minimum absolute atomic E-state index is 0. The molecule has 0 aliphatic heterocycles. The SMILES string of the molecule is CC1=Cc2cc(Cl)ccc2C1(Cl)[SiH2]C1(Cl)C(C)=Cc2cc(Cl)ccc21.[Zr]. The van der Waals surface area contributed by atoms with E-state index in [1.165, 1.54) is 0 Å². The standard InChI is InChI=1S/C20H16Cl4Si.Zr/c1-11-7-13-9-15(21)3-5-17(13)19(11,23)25-20(24)12(2)8-14-10-16(22)4-6-18(14)20;/h3-10H,25H2,1-2H3;. The zero-order valence-corrected chi connectivity index (χ0v) is 21.2. The van der Waals surface area contributed by atoms with E-state index in [9.17, 15) is 0 Å². The van der Waals surface area contributed by atoms with Gasteiger partial charge in [0.25, 0.3) is 0 Å². The van der Waals surface area contributed by atoms with E-state index in [0.717, 1.165) is 43.4 Å². The molecular formula is C20H16Cl4SiZr. The van der Waals surface area contributed by atoms with Gasteiger partial charge in [0.05, 0.1) is 18.5 Å². The van der Waals surface area contributed by atoms with Crippen LogP contribution in [0, 0.1) is 0 Å².